The molecule has 34 heavy (non-hydrogen) atoms. The van der Waals surface area contributed by atoms with E-state index in [-0.39, 0.29) is 31.6 Å². The number of anilines is 2. The van der Waals surface area contributed by atoms with Crippen LogP contribution in [-0.2, 0) is 6.42 Å². The smallest absolute Gasteiger partial charge is 0.405 e. The Morgan fingerprint density at radius 1 is 1.32 bits per heavy atom. The molecular formula is C23H24F3N5O2S. The van der Waals surface area contributed by atoms with E-state index in [0.717, 1.165) is 21.5 Å². The highest BCUT2D eigenvalue weighted by molar-refractivity contribution is 7.21. The fourth-order valence-electron chi connectivity index (χ4n) is 4.36. The standard InChI is InChI=1S/C23H24F3N5O2S/c1-12-2-5-16-19(27)20(34-22(16)29-12)21(32)30-14-8-13-3-4-15(9-17(13)33-11-14)31-7-6-28-18(10-31)23(24,25)26/h2-5,9,14,18,28H,6-8,10-11,27H2,1H3,(H,30,32)/t14-,18+/m1/s1. The summed E-state index contributed by atoms with van der Waals surface area (Å²) in [5.41, 5.74) is 9.05. The van der Waals surface area contributed by atoms with Gasteiger partial charge in [0.05, 0.1) is 11.7 Å². The molecular weight excluding hydrogens is 467 g/mol. The van der Waals surface area contributed by atoms with Gasteiger partial charge < -0.3 is 26.0 Å². The molecule has 0 unspecified atom stereocenters. The number of hydrogen-bond acceptors (Lipinski definition) is 7. The lowest BCUT2D eigenvalue weighted by Crippen LogP contribution is -2.57. The van der Waals surface area contributed by atoms with Gasteiger partial charge in [0.2, 0.25) is 0 Å². The number of thiophene rings is 1. The molecule has 2 aromatic heterocycles. The van der Waals surface area contributed by atoms with Crippen LogP contribution in [0, 0.1) is 6.92 Å². The normalized spacial score (nSPS) is 20.6. The van der Waals surface area contributed by atoms with Crippen molar-refractivity contribution in [3.05, 3.63) is 46.5 Å². The van der Waals surface area contributed by atoms with E-state index in [0.29, 0.717) is 35.0 Å². The molecule has 2 aliphatic rings. The molecule has 4 N–H and O–H groups in total. The Kier molecular flexibility index (Phi) is 5.76. The third-order valence-corrected chi connectivity index (χ3v) is 7.28. The van der Waals surface area contributed by atoms with E-state index in [1.165, 1.54) is 11.3 Å². The molecule has 1 aromatic carbocycles. The van der Waals surface area contributed by atoms with Crippen LogP contribution in [-0.4, -0.2) is 55.4 Å². The molecule has 1 saturated heterocycles. The third-order valence-electron chi connectivity index (χ3n) is 6.17. The van der Waals surface area contributed by atoms with Gasteiger partial charge in [-0.1, -0.05) is 6.07 Å². The summed E-state index contributed by atoms with van der Waals surface area (Å²) in [6.45, 7) is 2.73. The largest absolute Gasteiger partial charge is 0.491 e. The number of rotatable bonds is 3. The Labute approximate surface area is 198 Å². The number of aryl methyl sites for hydroxylation is 1. The van der Waals surface area contributed by atoms with Crippen LogP contribution < -0.4 is 26.0 Å². The molecule has 1 fully saturated rings. The lowest BCUT2D eigenvalue weighted by molar-refractivity contribution is -0.155. The lowest BCUT2D eigenvalue weighted by Gasteiger charge is -2.36. The highest BCUT2D eigenvalue weighted by Gasteiger charge is 2.42. The lowest BCUT2D eigenvalue weighted by atomic mass is 10.0. The summed E-state index contributed by atoms with van der Waals surface area (Å²) in [5, 5.41) is 6.27. The second-order valence-corrected chi connectivity index (χ2v) is 9.62. The second kappa shape index (κ2) is 8.62. The summed E-state index contributed by atoms with van der Waals surface area (Å²) >= 11 is 1.26. The molecule has 0 radical (unpaired) electrons. The molecule has 7 nitrogen and oxygen atoms in total. The van der Waals surface area contributed by atoms with Crippen LogP contribution in [0.25, 0.3) is 10.2 Å². The molecule has 0 spiro atoms. The van der Waals surface area contributed by atoms with Crippen molar-refractivity contribution in [1.82, 2.24) is 15.6 Å². The fourth-order valence-corrected chi connectivity index (χ4v) is 5.41. The molecule has 0 saturated carbocycles. The molecule has 1 amide bonds. The van der Waals surface area contributed by atoms with Crippen LogP contribution in [0.4, 0.5) is 24.5 Å². The maximum atomic E-state index is 13.1. The number of amides is 1. The van der Waals surface area contributed by atoms with Gasteiger partial charge in [-0.15, -0.1) is 11.3 Å². The Balaban J connectivity index is 1.27. The molecule has 5 rings (SSSR count). The van der Waals surface area contributed by atoms with E-state index in [4.69, 9.17) is 10.5 Å². The first-order valence-electron chi connectivity index (χ1n) is 11.0. The number of alkyl halides is 3. The molecule has 4 heterocycles. The monoisotopic (exact) mass is 491 g/mol. The third kappa shape index (κ3) is 4.37. The SMILES string of the molecule is Cc1ccc2c(N)c(C(=O)N[C@H]3COc4cc(N5CCN[C@H](C(F)(F)F)C5)ccc4C3)sc2n1. The van der Waals surface area contributed by atoms with Gasteiger partial charge in [-0.3, -0.25) is 4.79 Å². The van der Waals surface area contributed by atoms with Crippen LogP contribution in [0.3, 0.4) is 0 Å². The van der Waals surface area contributed by atoms with Crippen molar-refractivity contribution in [2.45, 2.75) is 31.6 Å². The van der Waals surface area contributed by atoms with E-state index in [1.54, 1.807) is 11.0 Å². The van der Waals surface area contributed by atoms with Gasteiger partial charge in [0.25, 0.3) is 5.91 Å². The number of pyridine rings is 1. The Morgan fingerprint density at radius 2 is 2.15 bits per heavy atom. The molecule has 0 aliphatic carbocycles. The molecule has 2 atom stereocenters. The molecule has 180 valence electrons. The van der Waals surface area contributed by atoms with Crippen LogP contribution in [0.5, 0.6) is 5.75 Å². The van der Waals surface area contributed by atoms with Gasteiger partial charge in [-0.2, -0.15) is 13.2 Å². The van der Waals surface area contributed by atoms with Crippen molar-refractivity contribution < 1.29 is 22.7 Å². The molecule has 0 bridgehead atoms. The number of ether oxygens (including phenoxy) is 1. The van der Waals surface area contributed by atoms with Gasteiger partial charge in [0.1, 0.15) is 28.1 Å². The number of halogens is 3. The number of piperazine rings is 1. The predicted octanol–water partition coefficient (Wildman–Crippen LogP) is 3.26. The summed E-state index contributed by atoms with van der Waals surface area (Å²) in [7, 11) is 0. The topological polar surface area (TPSA) is 92.5 Å². The molecule has 2 aliphatic heterocycles. The van der Waals surface area contributed by atoms with Gasteiger partial charge in [0, 0.05) is 42.5 Å². The fraction of sp³-hybridized carbons (Fsp3) is 0.391. The zero-order valence-electron chi connectivity index (χ0n) is 18.4. The average Bonchev–Trinajstić information content (AvgIpc) is 3.14. The number of nitrogens with zero attached hydrogens (tertiary/aromatic N) is 2. The van der Waals surface area contributed by atoms with Crippen molar-refractivity contribution in [2.75, 3.05) is 36.9 Å². The molecule has 3 aromatic rings. The minimum Gasteiger partial charge on any atom is -0.491 e. The molecule has 11 heteroatoms. The van der Waals surface area contributed by atoms with Gasteiger partial charge in [-0.05, 0) is 37.1 Å². The van der Waals surface area contributed by atoms with E-state index in [1.807, 2.05) is 31.2 Å². The van der Waals surface area contributed by atoms with Crippen LogP contribution in [0.15, 0.2) is 30.3 Å². The summed E-state index contributed by atoms with van der Waals surface area (Å²) in [6.07, 6.45) is -3.74. The minimum absolute atomic E-state index is 0.147. The number of fused-ring (bicyclic) bond motifs is 2. The number of nitrogens with one attached hydrogen (secondary N) is 2. The highest BCUT2D eigenvalue weighted by atomic mass is 32.1. The second-order valence-electron chi connectivity index (χ2n) is 8.62. The zero-order chi connectivity index (χ0) is 24.0. The first kappa shape index (κ1) is 22.7. The maximum absolute atomic E-state index is 13.1. The number of nitrogen functional groups attached to an aromatic ring is 1. The predicted molar refractivity (Wildman–Crippen MR) is 126 cm³/mol. The van der Waals surface area contributed by atoms with Crippen molar-refractivity contribution in [3.8, 4) is 5.75 Å². The van der Waals surface area contributed by atoms with Gasteiger partial charge >= 0.3 is 6.18 Å². The van der Waals surface area contributed by atoms with E-state index < -0.39 is 12.2 Å². The number of carbonyl (C=O) groups is 1. The number of hydrogen-bond donors (Lipinski definition) is 3. The van der Waals surface area contributed by atoms with E-state index >= 15 is 0 Å². The number of carbonyl (C=O) groups excluding carboxylic acids is 1. The van der Waals surface area contributed by atoms with Gasteiger partial charge in [0.15, 0.2) is 0 Å². The Hall–Kier alpha value is -3.05. The first-order chi connectivity index (χ1) is 16.2. The number of nitrogens with two attached hydrogens (primary N) is 1. The summed E-state index contributed by atoms with van der Waals surface area (Å²) < 4.78 is 45.2. The number of benzene rings is 1. The quantitative estimate of drug-likeness (QED) is 0.521. The van der Waals surface area contributed by atoms with Crippen LogP contribution >= 0.6 is 11.3 Å². The highest BCUT2D eigenvalue weighted by Crippen LogP contribution is 2.34. The van der Waals surface area contributed by atoms with Crippen molar-refractivity contribution >= 4 is 38.8 Å². The van der Waals surface area contributed by atoms with E-state index in [9.17, 15) is 18.0 Å². The summed E-state index contributed by atoms with van der Waals surface area (Å²) in [5.74, 6) is 0.358. The van der Waals surface area contributed by atoms with Crippen molar-refractivity contribution in [2.24, 2.45) is 0 Å². The zero-order valence-corrected chi connectivity index (χ0v) is 19.2. The van der Waals surface area contributed by atoms with E-state index in [2.05, 4.69) is 15.6 Å². The minimum atomic E-state index is -4.29. The Bertz CT molecular complexity index is 1250. The van der Waals surface area contributed by atoms with Crippen LogP contribution in [0.2, 0.25) is 0 Å². The maximum Gasteiger partial charge on any atom is 0.405 e. The average molecular weight is 492 g/mol. The summed E-state index contributed by atoms with van der Waals surface area (Å²) in [6, 6.07) is 7.36. The van der Waals surface area contributed by atoms with Crippen LogP contribution in [0.1, 0.15) is 20.9 Å². The first-order valence-corrected chi connectivity index (χ1v) is 11.8. The number of aromatic nitrogens is 1. The summed E-state index contributed by atoms with van der Waals surface area (Å²) in [4.78, 5) is 20.2. The van der Waals surface area contributed by atoms with Gasteiger partial charge in [-0.25, -0.2) is 4.98 Å². The van der Waals surface area contributed by atoms with Crippen molar-refractivity contribution in [1.29, 1.82) is 0 Å². The Morgan fingerprint density at radius 3 is 2.94 bits per heavy atom. The van der Waals surface area contributed by atoms with Crippen molar-refractivity contribution in [3.63, 3.8) is 0 Å².